The van der Waals surface area contributed by atoms with Gasteiger partial charge in [0.1, 0.15) is 23.8 Å². The average Bonchev–Trinajstić information content (AvgIpc) is 3.69. The van der Waals surface area contributed by atoms with E-state index in [1.165, 1.54) is 16.2 Å². The topological polar surface area (TPSA) is 159 Å². The van der Waals surface area contributed by atoms with Crippen molar-refractivity contribution in [1.82, 2.24) is 30.0 Å². The second-order valence-corrected chi connectivity index (χ2v) is 13.8. The van der Waals surface area contributed by atoms with Gasteiger partial charge in [0.15, 0.2) is 11.0 Å². The first-order valence-corrected chi connectivity index (χ1v) is 15.7. The molecule has 3 fully saturated rings. The standard InChI is InChI=1S/C28H33ClFN11OS/c1-15(17-8-20(29)37-38-22(17)32)39(2)24-34-25(36-26(35-24)42-14-28-5-3-7-41(28)11-16(30)9-28)40-12-27(13-40)6-4-19-21(27)18(10-31)23(33)43-19/h8,15-16H,3-7,9,11-14,33H2,1-2H3,(H2,32,38)/t15?,16-,28+/m1/s1. The minimum absolute atomic E-state index is 0.154. The number of nitrogen functional groups attached to an aromatic ring is 2. The molecular formula is C28H33ClFN11OS. The maximum atomic E-state index is 14.4. The van der Waals surface area contributed by atoms with Gasteiger partial charge in [0.05, 0.1) is 17.1 Å². The van der Waals surface area contributed by atoms with Gasteiger partial charge in [-0.1, -0.05) is 11.6 Å². The second-order valence-electron chi connectivity index (χ2n) is 12.3. The van der Waals surface area contributed by atoms with Crippen molar-refractivity contribution in [2.24, 2.45) is 0 Å². The van der Waals surface area contributed by atoms with Crippen LogP contribution in [0.25, 0.3) is 0 Å². The van der Waals surface area contributed by atoms with E-state index in [0.717, 1.165) is 37.8 Å². The maximum Gasteiger partial charge on any atom is 0.323 e. The van der Waals surface area contributed by atoms with Gasteiger partial charge in [-0.2, -0.15) is 20.2 Å². The lowest BCUT2D eigenvalue weighted by Crippen LogP contribution is -2.59. The third-order valence-electron chi connectivity index (χ3n) is 9.74. The van der Waals surface area contributed by atoms with Crippen LogP contribution in [0.15, 0.2) is 6.07 Å². The zero-order chi connectivity index (χ0) is 30.1. The molecule has 4 N–H and O–H groups in total. The van der Waals surface area contributed by atoms with E-state index in [1.54, 1.807) is 6.07 Å². The fraction of sp³-hybridized carbons (Fsp3) is 0.571. The van der Waals surface area contributed by atoms with E-state index in [4.69, 9.17) is 42.8 Å². The molecule has 1 spiro atoms. The normalized spacial score (nSPS) is 24.4. The number of ether oxygens (including phenoxy) is 1. The highest BCUT2D eigenvalue weighted by molar-refractivity contribution is 7.16. The maximum absolute atomic E-state index is 14.4. The predicted octanol–water partition coefficient (Wildman–Crippen LogP) is 3.27. The van der Waals surface area contributed by atoms with Crippen LogP contribution in [0, 0.1) is 11.3 Å². The van der Waals surface area contributed by atoms with E-state index in [-0.39, 0.29) is 34.0 Å². The van der Waals surface area contributed by atoms with Gasteiger partial charge in [0.25, 0.3) is 0 Å². The Kier molecular flexibility index (Phi) is 6.75. The van der Waals surface area contributed by atoms with Crippen LogP contribution in [-0.2, 0) is 11.8 Å². The van der Waals surface area contributed by atoms with Crippen LogP contribution in [-0.4, -0.2) is 81.6 Å². The Bertz CT molecular complexity index is 1620. The lowest BCUT2D eigenvalue weighted by Gasteiger charge is -2.48. The molecule has 4 aliphatic rings. The molecule has 3 saturated heterocycles. The minimum Gasteiger partial charge on any atom is -0.461 e. The third-order valence-corrected chi connectivity index (χ3v) is 11.0. The number of hydrogen-bond donors (Lipinski definition) is 2. The molecular weight excluding hydrogens is 593 g/mol. The Morgan fingerprint density at radius 3 is 2.88 bits per heavy atom. The first-order chi connectivity index (χ1) is 20.6. The number of fused-ring (bicyclic) bond motifs is 3. The summed E-state index contributed by atoms with van der Waals surface area (Å²) >= 11 is 7.66. The van der Waals surface area contributed by atoms with Gasteiger partial charge in [-0.05, 0) is 50.8 Å². The molecule has 6 heterocycles. The van der Waals surface area contributed by atoms with E-state index < -0.39 is 6.17 Å². The molecule has 3 atom stereocenters. The number of nitrogens with two attached hydrogens (primary N) is 2. The highest BCUT2D eigenvalue weighted by Gasteiger charge is 2.52. The van der Waals surface area contributed by atoms with Crippen molar-refractivity contribution in [1.29, 1.82) is 5.26 Å². The molecule has 0 amide bonds. The number of rotatable bonds is 7. The van der Waals surface area contributed by atoms with Crippen molar-refractivity contribution in [3.05, 3.63) is 32.8 Å². The quantitative estimate of drug-likeness (QED) is 0.395. The van der Waals surface area contributed by atoms with E-state index in [1.807, 2.05) is 18.9 Å². The molecule has 0 saturated carbocycles. The smallest absolute Gasteiger partial charge is 0.323 e. The molecule has 43 heavy (non-hydrogen) atoms. The van der Waals surface area contributed by atoms with Gasteiger partial charge < -0.3 is 26.0 Å². The molecule has 226 valence electrons. The number of hydrogen-bond acceptors (Lipinski definition) is 13. The SMILES string of the molecule is CC(c1cc(Cl)nnc1N)N(C)c1nc(OC[C@@]23CCCN2C[C@H](F)C3)nc(N2CC3(CCc4sc(N)c(C#N)c43)C2)n1. The van der Waals surface area contributed by atoms with Crippen LogP contribution in [0.5, 0.6) is 6.01 Å². The molecule has 0 radical (unpaired) electrons. The summed E-state index contributed by atoms with van der Waals surface area (Å²) in [6.45, 7) is 4.88. The number of halogens is 2. The van der Waals surface area contributed by atoms with Crippen molar-refractivity contribution < 1.29 is 9.13 Å². The van der Waals surface area contributed by atoms with Gasteiger partial charge in [-0.25, -0.2) is 4.39 Å². The van der Waals surface area contributed by atoms with E-state index in [2.05, 4.69) is 26.1 Å². The van der Waals surface area contributed by atoms with Crippen molar-refractivity contribution in [2.75, 3.05) is 61.1 Å². The summed E-state index contributed by atoms with van der Waals surface area (Å²) in [5.41, 5.74) is 14.2. The molecule has 3 aliphatic heterocycles. The van der Waals surface area contributed by atoms with Crippen LogP contribution >= 0.6 is 22.9 Å². The number of anilines is 4. The van der Waals surface area contributed by atoms with Crippen molar-refractivity contribution in [3.8, 4) is 12.1 Å². The number of alkyl halides is 1. The summed E-state index contributed by atoms with van der Waals surface area (Å²) < 4.78 is 20.7. The zero-order valence-electron chi connectivity index (χ0n) is 24.1. The van der Waals surface area contributed by atoms with Crippen LogP contribution < -0.4 is 26.0 Å². The number of thiophene rings is 1. The van der Waals surface area contributed by atoms with Crippen LogP contribution in [0.2, 0.25) is 5.15 Å². The van der Waals surface area contributed by atoms with Crippen LogP contribution in [0.1, 0.15) is 60.2 Å². The van der Waals surface area contributed by atoms with Crippen molar-refractivity contribution >= 4 is 45.7 Å². The number of nitriles is 1. The Morgan fingerprint density at radius 2 is 2.09 bits per heavy atom. The Balaban J connectivity index is 1.19. The van der Waals surface area contributed by atoms with Crippen LogP contribution in [0.4, 0.5) is 27.1 Å². The molecule has 0 bridgehead atoms. The largest absolute Gasteiger partial charge is 0.461 e. The summed E-state index contributed by atoms with van der Waals surface area (Å²) in [7, 11) is 1.86. The summed E-state index contributed by atoms with van der Waals surface area (Å²) in [6.07, 6.45) is 3.36. The van der Waals surface area contributed by atoms with Crippen LogP contribution in [0.3, 0.4) is 0 Å². The van der Waals surface area contributed by atoms with E-state index in [0.29, 0.717) is 60.7 Å². The average molecular weight is 626 g/mol. The molecule has 1 aliphatic carbocycles. The molecule has 12 nitrogen and oxygen atoms in total. The van der Waals surface area contributed by atoms with Gasteiger partial charge in [0, 0.05) is 49.0 Å². The minimum atomic E-state index is -0.857. The molecule has 15 heteroatoms. The van der Waals surface area contributed by atoms with Gasteiger partial charge in [-0.15, -0.1) is 21.5 Å². The molecule has 0 aromatic carbocycles. The molecule has 1 unspecified atom stereocenters. The summed E-state index contributed by atoms with van der Waals surface area (Å²) in [5, 5.41) is 18.4. The zero-order valence-corrected chi connectivity index (χ0v) is 25.6. The van der Waals surface area contributed by atoms with Gasteiger partial charge in [-0.3, -0.25) is 4.90 Å². The summed E-state index contributed by atoms with van der Waals surface area (Å²) in [6, 6.07) is 3.90. The first kappa shape index (κ1) is 28.2. The van der Waals surface area contributed by atoms with E-state index in [9.17, 15) is 9.65 Å². The number of aryl methyl sites for hydroxylation is 1. The Labute approximate surface area is 257 Å². The molecule has 7 rings (SSSR count). The number of aromatic nitrogens is 5. The van der Waals surface area contributed by atoms with Crippen molar-refractivity contribution in [2.45, 2.75) is 62.2 Å². The summed E-state index contributed by atoms with van der Waals surface area (Å²) in [4.78, 5) is 21.6. The Hall–Kier alpha value is -3.54. The molecule has 3 aromatic rings. The highest BCUT2D eigenvalue weighted by Crippen LogP contribution is 2.52. The van der Waals surface area contributed by atoms with Crippen molar-refractivity contribution in [3.63, 3.8) is 0 Å². The molecule has 3 aromatic heterocycles. The van der Waals surface area contributed by atoms with Gasteiger partial charge in [0.2, 0.25) is 11.9 Å². The van der Waals surface area contributed by atoms with E-state index >= 15 is 0 Å². The first-order valence-electron chi connectivity index (χ1n) is 14.5. The fourth-order valence-electron chi connectivity index (χ4n) is 7.42. The second kappa shape index (κ2) is 10.3. The fourth-order valence-corrected chi connectivity index (χ4v) is 8.71. The summed E-state index contributed by atoms with van der Waals surface area (Å²) in [5.74, 6) is 1.14. The third kappa shape index (κ3) is 4.60. The number of nitrogens with zero attached hydrogens (tertiary/aromatic N) is 9. The van der Waals surface area contributed by atoms with Gasteiger partial charge >= 0.3 is 6.01 Å². The predicted molar refractivity (Wildman–Crippen MR) is 162 cm³/mol. The lowest BCUT2D eigenvalue weighted by molar-refractivity contribution is 0.107. The highest BCUT2D eigenvalue weighted by atomic mass is 35.5. The Morgan fingerprint density at radius 1 is 1.28 bits per heavy atom. The monoisotopic (exact) mass is 625 g/mol. The lowest BCUT2D eigenvalue weighted by atomic mass is 9.74.